The minimum Gasteiger partial charge on any atom is -0.350 e. The number of carbonyl (C=O) groups is 1. The summed E-state index contributed by atoms with van der Waals surface area (Å²) in [6, 6.07) is 8.50. The third-order valence-electron chi connectivity index (χ3n) is 3.45. The minimum atomic E-state index is -4.67. The molecule has 2 aromatic rings. The van der Waals surface area contributed by atoms with Crippen LogP contribution < -0.4 is 5.32 Å². The number of hydrogen-bond acceptors (Lipinski definition) is 3. The molecule has 0 atom stereocenters. The fourth-order valence-corrected chi connectivity index (χ4v) is 2.03. The van der Waals surface area contributed by atoms with E-state index >= 15 is 0 Å². The van der Waals surface area contributed by atoms with E-state index in [4.69, 9.17) is 0 Å². The molecular weight excluding hydrogens is 317 g/mol. The number of allylic oxidation sites excluding steroid dienone is 2. The SMILES string of the molecule is Cc1ccc2cccc(N/C(=C/C(=O)C(C)(C)C)C(F)(F)F)c2n1. The first-order valence-corrected chi connectivity index (χ1v) is 7.45. The van der Waals surface area contributed by atoms with Crippen LogP contribution in [-0.4, -0.2) is 16.9 Å². The molecule has 1 N–H and O–H groups in total. The van der Waals surface area contributed by atoms with E-state index < -0.39 is 23.1 Å². The molecule has 0 saturated carbocycles. The van der Waals surface area contributed by atoms with Crippen LogP contribution in [0.4, 0.5) is 18.9 Å². The van der Waals surface area contributed by atoms with Crippen molar-refractivity contribution in [3.8, 4) is 0 Å². The molecule has 3 nitrogen and oxygen atoms in total. The van der Waals surface area contributed by atoms with E-state index in [0.717, 1.165) is 0 Å². The molecule has 0 amide bonds. The quantitative estimate of drug-likeness (QED) is 0.801. The number of aryl methyl sites for hydroxylation is 1. The molecule has 0 fully saturated rings. The maximum atomic E-state index is 13.3. The summed E-state index contributed by atoms with van der Waals surface area (Å²) in [6.45, 7) is 6.48. The smallest absolute Gasteiger partial charge is 0.350 e. The maximum absolute atomic E-state index is 13.3. The minimum absolute atomic E-state index is 0.210. The largest absolute Gasteiger partial charge is 0.431 e. The number of hydrogen-bond donors (Lipinski definition) is 1. The number of aromatic nitrogens is 1. The Balaban J connectivity index is 2.50. The Kier molecular flexibility index (Phi) is 4.69. The van der Waals surface area contributed by atoms with Gasteiger partial charge < -0.3 is 5.32 Å². The van der Waals surface area contributed by atoms with Gasteiger partial charge >= 0.3 is 6.18 Å². The molecule has 1 aromatic heterocycles. The van der Waals surface area contributed by atoms with Crippen molar-refractivity contribution in [2.75, 3.05) is 5.32 Å². The first kappa shape index (κ1) is 18.0. The van der Waals surface area contributed by atoms with Crippen LogP contribution in [0.25, 0.3) is 10.9 Å². The van der Waals surface area contributed by atoms with E-state index in [1.165, 1.54) is 6.07 Å². The van der Waals surface area contributed by atoms with Crippen LogP contribution in [0.1, 0.15) is 26.5 Å². The number of nitrogens with zero attached hydrogens (tertiary/aromatic N) is 1. The molecule has 0 aliphatic rings. The number of pyridine rings is 1. The molecule has 0 aliphatic carbocycles. The Morgan fingerprint density at radius 1 is 1.12 bits per heavy atom. The summed E-state index contributed by atoms with van der Waals surface area (Å²) in [4.78, 5) is 16.3. The zero-order chi connectivity index (χ0) is 18.1. The number of rotatable bonds is 3. The zero-order valence-corrected chi connectivity index (χ0v) is 14.0. The Morgan fingerprint density at radius 2 is 1.79 bits per heavy atom. The van der Waals surface area contributed by atoms with Crippen LogP contribution in [-0.2, 0) is 4.79 Å². The molecule has 0 radical (unpaired) electrons. The van der Waals surface area contributed by atoms with Crippen molar-refractivity contribution < 1.29 is 18.0 Å². The highest BCUT2D eigenvalue weighted by atomic mass is 19.4. The summed E-state index contributed by atoms with van der Waals surface area (Å²) in [7, 11) is 0. The molecular formula is C18H19F3N2O. The molecule has 0 aliphatic heterocycles. The first-order valence-electron chi connectivity index (χ1n) is 7.45. The second kappa shape index (κ2) is 6.26. The number of nitrogens with one attached hydrogen (secondary N) is 1. The third kappa shape index (κ3) is 4.13. The van der Waals surface area contributed by atoms with Crippen molar-refractivity contribution >= 4 is 22.4 Å². The van der Waals surface area contributed by atoms with Gasteiger partial charge in [-0.2, -0.15) is 13.2 Å². The summed E-state index contributed by atoms with van der Waals surface area (Å²) in [5.41, 5.74) is -0.665. The monoisotopic (exact) mass is 336 g/mol. The van der Waals surface area contributed by atoms with Gasteiger partial charge in [0.15, 0.2) is 5.78 Å². The molecule has 1 aromatic carbocycles. The number of carbonyl (C=O) groups excluding carboxylic acids is 1. The van der Waals surface area contributed by atoms with Gasteiger partial charge in [0.2, 0.25) is 0 Å². The van der Waals surface area contributed by atoms with Gasteiger partial charge in [0.05, 0.1) is 11.2 Å². The predicted molar refractivity (Wildman–Crippen MR) is 88.7 cm³/mol. The number of para-hydroxylation sites is 1. The molecule has 2 rings (SSSR count). The number of anilines is 1. The number of ketones is 1. The third-order valence-corrected chi connectivity index (χ3v) is 3.45. The molecule has 0 saturated heterocycles. The lowest BCUT2D eigenvalue weighted by Crippen LogP contribution is -2.25. The second-order valence-electron chi connectivity index (χ2n) is 6.62. The standard InChI is InChI=1S/C18H19F3N2O/c1-11-8-9-12-6-5-7-13(16(12)22-11)23-14(18(19,20)21)10-15(24)17(2,3)4/h5-10,23H,1-4H3/b14-10+. The van der Waals surface area contributed by atoms with E-state index in [1.807, 2.05) is 0 Å². The van der Waals surface area contributed by atoms with Gasteiger partial charge in [0.25, 0.3) is 0 Å². The van der Waals surface area contributed by atoms with Crippen molar-refractivity contribution in [2.24, 2.45) is 5.41 Å². The van der Waals surface area contributed by atoms with Crippen molar-refractivity contribution in [2.45, 2.75) is 33.9 Å². The second-order valence-corrected chi connectivity index (χ2v) is 6.62. The highest BCUT2D eigenvalue weighted by molar-refractivity contribution is 5.96. The van der Waals surface area contributed by atoms with Gasteiger partial charge in [-0.25, -0.2) is 0 Å². The van der Waals surface area contributed by atoms with E-state index in [1.54, 1.807) is 52.0 Å². The number of fused-ring (bicyclic) bond motifs is 1. The van der Waals surface area contributed by atoms with Crippen molar-refractivity contribution in [1.82, 2.24) is 4.98 Å². The number of benzene rings is 1. The van der Waals surface area contributed by atoms with E-state index in [9.17, 15) is 18.0 Å². The Labute approximate surface area is 138 Å². The predicted octanol–water partition coefficient (Wildman–Crippen LogP) is 5.02. The highest BCUT2D eigenvalue weighted by Gasteiger charge is 2.36. The van der Waals surface area contributed by atoms with Gasteiger partial charge in [-0.3, -0.25) is 9.78 Å². The van der Waals surface area contributed by atoms with Crippen molar-refractivity contribution in [3.05, 3.63) is 47.8 Å². The lowest BCUT2D eigenvalue weighted by Gasteiger charge is -2.18. The highest BCUT2D eigenvalue weighted by Crippen LogP contribution is 2.31. The van der Waals surface area contributed by atoms with E-state index in [0.29, 0.717) is 22.7 Å². The summed E-state index contributed by atoms with van der Waals surface area (Å²) in [6.07, 6.45) is -4.05. The normalized spacial score (nSPS) is 13.2. The molecule has 6 heteroatoms. The maximum Gasteiger partial charge on any atom is 0.431 e. The van der Waals surface area contributed by atoms with Gasteiger partial charge in [-0.15, -0.1) is 0 Å². The fourth-order valence-electron chi connectivity index (χ4n) is 2.03. The number of halogens is 3. The van der Waals surface area contributed by atoms with Gasteiger partial charge in [-0.1, -0.05) is 39.0 Å². The van der Waals surface area contributed by atoms with Crippen LogP contribution in [0.2, 0.25) is 0 Å². The van der Waals surface area contributed by atoms with Crippen LogP contribution in [0.5, 0.6) is 0 Å². The lowest BCUT2D eigenvalue weighted by atomic mass is 9.90. The summed E-state index contributed by atoms with van der Waals surface area (Å²) in [5, 5.41) is 3.06. The van der Waals surface area contributed by atoms with Gasteiger partial charge in [0, 0.05) is 22.6 Å². The molecule has 24 heavy (non-hydrogen) atoms. The molecule has 1 heterocycles. The van der Waals surface area contributed by atoms with Gasteiger partial charge in [0.1, 0.15) is 5.70 Å². The number of alkyl halides is 3. The summed E-state index contributed by atoms with van der Waals surface area (Å²) in [5.74, 6) is -0.605. The Bertz CT molecular complexity index is 802. The van der Waals surface area contributed by atoms with E-state index in [-0.39, 0.29) is 5.69 Å². The van der Waals surface area contributed by atoms with Gasteiger partial charge in [-0.05, 0) is 19.1 Å². The zero-order valence-electron chi connectivity index (χ0n) is 14.0. The molecule has 0 bridgehead atoms. The fraction of sp³-hybridized carbons (Fsp3) is 0.333. The van der Waals surface area contributed by atoms with E-state index in [2.05, 4.69) is 10.3 Å². The Morgan fingerprint density at radius 3 is 2.38 bits per heavy atom. The average Bonchev–Trinajstić information content (AvgIpc) is 2.45. The summed E-state index contributed by atoms with van der Waals surface area (Å²) < 4.78 is 40.0. The first-order chi connectivity index (χ1) is 11.0. The molecule has 0 unspecified atom stereocenters. The molecule has 0 spiro atoms. The van der Waals surface area contributed by atoms with Crippen molar-refractivity contribution in [1.29, 1.82) is 0 Å². The average molecular weight is 336 g/mol. The Hall–Kier alpha value is -2.37. The van der Waals surface area contributed by atoms with Crippen LogP contribution in [0.15, 0.2) is 42.1 Å². The summed E-state index contributed by atoms with van der Waals surface area (Å²) >= 11 is 0. The van der Waals surface area contributed by atoms with Crippen LogP contribution >= 0.6 is 0 Å². The van der Waals surface area contributed by atoms with Crippen LogP contribution in [0, 0.1) is 12.3 Å². The van der Waals surface area contributed by atoms with Crippen molar-refractivity contribution in [3.63, 3.8) is 0 Å². The van der Waals surface area contributed by atoms with Crippen LogP contribution in [0.3, 0.4) is 0 Å². The topological polar surface area (TPSA) is 42.0 Å². The lowest BCUT2D eigenvalue weighted by molar-refractivity contribution is -0.122. The molecule has 128 valence electrons.